The molecule has 2 amide bonds. The minimum absolute atomic E-state index is 0.0939. The molecule has 7 heteroatoms. The second-order valence-electron chi connectivity index (χ2n) is 4.15. The van der Waals surface area contributed by atoms with Gasteiger partial charge in [-0.3, -0.25) is 9.59 Å². The molecule has 0 saturated carbocycles. The standard InChI is InChI=1S/C13H16ClFN2O3/c1-2-8(6-7-18)16-12(19)13(20)17-10-5-3-4-9(14)11(10)15/h3-5,8,18H,2,6-7H2,1H3,(H,16,19)(H,17,20). The number of aliphatic hydroxyl groups is 1. The number of carbonyl (C=O) groups is 2. The molecule has 5 nitrogen and oxygen atoms in total. The number of halogens is 2. The molecule has 1 rings (SSSR count). The van der Waals surface area contributed by atoms with E-state index in [1.165, 1.54) is 18.2 Å². The first kappa shape index (κ1) is 16.4. The third-order valence-corrected chi connectivity index (χ3v) is 3.00. The van der Waals surface area contributed by atoms with Gasteiger partial charge in [-0.2, -0.15) is 0 Å². The number of benzene rings is 1. The molecule has 0 aliphatic rings. The Bertz CT molecular complexity index is 497. The van der Waals surface area contributed by atoms with Crippen molar-refractivity contribution in [3.63, 3.8) is 0 Å². The first-order chi connectivity index (χ1) is 9.49. The van der Waals surface area contributed by atoms with Gasteiger partial charge in [0, 0.05) is 12.6 Å². The largest absolute Gasteiger partial charge is 0.396 e. The first-order valence-electron chi connectivity index (χ1n) is 6.16. The minimum Gasteiger partial charge on any atom is -0.396 e. The molecule has 0 radical (unpaired) electrons. The van der Waals surface area contributed by atoms with Crippen LogP contribution in [0.4, 0.5) is 10.1 Å². The van der Waals surface area contributed by atoms with Gasteiger partial charge in [-0.05, 0) is 25.0 Å². The third-order valence-electron chi connectivity index (χ3n) is 2.71. The topological polar surface area (TPSA) is 78.4 Å². The summed E-state index contributed by atoms with van der Waals surface area (Å²) >= 11 is 5.57. The molecule has 1 aromatic carbocycles. The fourth-order valence-electron chi connectivity index (χ4n) is 1.56. The van der Waals surface area contributed by atoms with E-state index in [9.17, 15) is 14.0 Å². The van der Waals surface area contributed by atoms with Gasteiger partial charge in [0.2, 0.25) is 0 Å². The quantitative estimate of drug-likeness (QED) is 0.724. The van der Waals surface area contributed by atoms with Crippen molar-refractivity contribution in [3.8, 4) is 0 Å². The highest BCUT2D eigenvalue weighted by Crippen LogP contribution is 2.21. The van der Waals surface area contributed by atoms with Crippen molar-refractivity contribution >= 4 is 29.1 Å². The van der Waals surface area contributed by atoms with Crippen LogP contribution < -0.4 is 10.6 Å². The number of carbonyl (C=O) groups excluding carboxylic acids is 2. The average molecular weight is 303 g/mol. The van der Waals surface area contributed by atoms with Crippen molar-refractivity contribution < 1.29 is 19.1 Å². The molecule has 0 bridgehead atoms. The van der Waals surface area contributed by atoms with Crippen LogP contribution in [0.25, 0.3) is 0 Å². The highest BCUT2D eigenvalue weighted by atomic mass is 35.5. The molecule has 0 aliphatic carbocycles. The van der Waals surface area contributed by atoms with E-state index in [4.69, 9.17) is 16.7 Å². The van der Waals surface area contributed by atoms with Crippen molar-refractivity contribution in [2.24, 2.45) is 0 Å². The smallest absolute Gasteiger partial charge is 0.313 e. The molecular formula is C13H16ClFN2O3. The zero-order chi connectivity index (χ0) is 15.1. The van der Waals surface area contributed by atoms with Gasteiger partial charge < -0.3 is 15.7 Å². The van der Waals surface area contributed by atoms with Gasteiger partial charge in [-0.25, -0.2) is 4.39 Å². The second-order valence-corrected chi connectivity index (χ2v) is 4.55. The maximum absolute atomic E-state index is 13.6. The molecule has 0 aliphatic heterocycles. The summed E-state index contributed by atoms with van der Waals surface area (Å²) < 4.78 is 13.6. The Morgan fingerprint density at radius 1 is 1.40 bits per heavy atom. The zero-order valence-corrected chi connectivity index (χ0v) is 11.7. The first-order valence-corrected chi connectivity index (χ1v) is 6.54. The predicted molar refractivity (Wildman–Crippen MR) is 74.0 cm³/mol. The van der Waals surface area contributed by atoms with Crippen LogP contribution in [-0.2, 0) is 9.59 Å². The molecule has 1 atom stereocenters. The normalized spacial score (nSPS) is 11.8. The Morgan fingerprint density at radius 2 is 2.10 bits per heavy atom. The van der Waals surface area contributed by atoms with Crippen LogP contribution in [-0.4, -0.2) is 29.6 Å². The second kappa shape index (κ2) is 7.81. The van der Waals surface area contributed by atoms with E-state index < -0.39 is 17.6 Å². The average Bonchev–Trinajstić information content (AvgIpc) is 2.43. The van der Waals surface area contributed by atoms with E-state index in [1.807, 2.05) is 6.92 Å². The fourth-order valence-corrected chi connectivity index (χ4v) is 1.74. The third kappa shape index (κ3) is 4.47. The summed E-state index contributed by atoms with van der Waals surface area (Å²) in [7, 11) is 0. The van der Waals surface area contributed by atoms with Crippen LogP contribution in [0.1, 0.15) is 19.8 Å². The molecule has 110 valence electrons. The molecule has 0 spiro atoms. The Morgan fingerprint density at radius 3 is 2.70 bits per heavy atom. The lowest BCUT2D eigenvalue weighted by Gasteiger charge is -2.15. The lowest BCUT2D eigenvalue weighted by atomic mass is 10.1. The maximum atomic E-state index is 13.6. The van der Waals surface area contributed by atoms with E-state index in [2.05, 4.69) is 10.6 Å². The maximum Gasteiger partial charge on any atom is 0.313 e. The highest BCUT2D eigenvalue weighted by molar-refractivity contribution is 6.40. The van der Waals surface area contributed by atoms with Crippen molar-refractivity contribution in [3.05, 3.63) is 29.0 Å². The fraction of sp³-hybridized carbons (Fsp3) is 0.385. The Balaban J connectivity index is 2.66. The number of nitrogens with one attached hydrogen (secondary N) is 2. The Hall–Kier alpha value is -1.66. The van der Waals surface area contributed by atoms with E-state index in [1.54, 1.807) is 0 Å². The molecule has 0 saturated heterocycles. The SMILES string of the molecule is CCC(CCO)NC(=O)C(=O)Nc1cccc(Cl)c1F. The number of rotatable bonds is 5. The molecule has 0 aromatic heterocycles. The number of hydrogen-bond acceptors (Lipinski definition) is 3. The summed E-state index contributed by atoms with van der Waals surface area (Å²) in [6.07, 6.45) is 0.923. The van der Waals surface area contributed by atoms with Crippen LogP contribution in [0.5, 0.6) is 0 Å². The minimum atomic E-state index is -0.984. The summed E-state index contributed by atoms with van der Waals surface area (Å²) in [6.45, 7) is 1.72. The van der Waals surface area contributed by atoms with E-state index in [-0.39, 0.29) is 23.4 Å². The van der Waals surface area contributed by atoms with E-state index in [0.717, 1.165) is 0 Å². The van der Waals surface area contributed by atoms with Gasteiger partial charge >= 0.3 is 11.8 Å². The number of hydrogen-bond donors (Lipinski definition) is 3. The summed E-state index contributed by atoms with van der Waals surface area (Å²) in [5.74, 6) is -2.66. The van der Waals surface area contributed by atoms with Crippen molar-refractivity contribution in [2.45, 2.75) is 25.8 Å². The molecule has 20 heavy (non-hydrogen) atoms. The van der Waals surface area contributed by atoms with Gasteiger partial charge in [-0.1, -0.05) is 24.6 Å². The number of amides is 2. The molecular weight excluding hydrogens is 287 g/mol. The molecule has 0 fully saturated rings. The van der Waals surface area contributed by atoms with Crippen LogP contribution in [0, 0.1) is 5.82 Å². The summed E-state index contributed by atoms with van der Waals surface area (Å²) in [6, 6.07) is 3.79. The van der Waals surface area contributed by atoms with Gasteiger partial charge in [0.25, 0.3) is 0 Å². The summed E-state index contributed by atoms with van der Waals surface area (Å²) in [4.78, 5) is 23.3. The van der Waals surface area contributed by atoms with Gasteiger partial charge in [0.1, 0.15) is 0 Å². The van der Waals surface area contributed by atoms with Crippen LogP contribution >= 0.6 is 11.6 Å². The summed E-state index contributed by atoms with van der Waals surface area (Å²) in [5, 5.41) is 13.3. The van der Waals surface area contributed by atoms with Gasteiger partial charge in [0.15, 0.2) is 5.82 Å². The van der Waals surface area contributed by atoms with Gasteiger partial charge in [0.05, 0.1) is 10.7 Å². The van der Waals surface area contributed by atoms with Crippen LogP contribution in [0.15, 0.2) is 18.2 Å². The highest BCUT2D eigenvalue weighted by Gasteiger charge is 2.19. The van der Waals surface area contributed by atoms with Crippen molar-refractivity contribution in [1.29, 1.82) is 0 Å². The van der Waals surface area contributed by atoms with Crippen molar-refractivity contribution in [2.75, 3.05) is 11.9 Å². The lowest BCUT2D eigenvalue weighted by Crippen LogP contribution is -2.42. The molecule has 1 unspecified atom stereocenters. The van der Waals surface area contributed by atoms with E-state index >= 15 is 0 Å². The molecule has 3 N–H and O–H groups in total. The summed E-state index contributed by atoms with van der Waals surface area (Å²) in [5.41, 5.74) is -0.159. The van der Waals surface area contributed by atoms with Crippen LogP contribution in [0.2, 0.25) is 5.02 Å². The van der Waals surface area contributed by atoms with E-state index in [0.29, 0.717) is 12.8 Å². The van der Waals surface area contributed by atoms with Gasteiger partial charge in [-0.15, -0.1) is 0 Å². The number of aliphatic hydroxyl groups excluding tert-OH is 1. The Kier molecular flexibility index (Phi) is 6.41. The number of anilines is 1. The zero-order valence-electron chi connectivity index (χ0n) is 11.0. The Labute approximate surface area is 121 Å². The molecule has 1 aromatic rings. The van der Waals surface area contributed by atoms with Crippen molar-refractivity contribution in [1.82, 2.24) is 5.32 Å². The monoisotopic (exact) mass is 302 g/mol. The predicted octanol–water partition coefficient (Wildman–Crippen LogP) is 1.69. The molecule has 0 heterocycles. The lowest BCUT2D eigenvalue weighted by molar-refractivity contribution is -0.136. The van der Waals surface area contributed by atoms with Crippen LogP contribution in [0.3, 0.4) is 0 Å².